The minimum absolute atomic E-state index is 0.0798. The van der Waals surface area contributed by atoms with Gasteiger partial charge in [0.1, 0.15) is 23.8 Å². The van der Waals surface area contributed by atoms with Gasteiger partial charge in [-0.3, -0.25) is 18.8 Å². The lowest BCUT2D eigenvalue weighted by atomic mass is 9.82. The molecule has 0 saturated heterocycles. The predicted molar refractivity (Wildman–Crippen MR) is 142 cm³/mol. The van der Waals surface area contributed by atoms with E-state index in [1.54, 1.807) is 36.8 Å². The van der Waals surface area contributed by atoms with Gasteiger partial charge in [0, 0.05) is 17.8 Å². The number of carbonyl (C=O) groups excluding carboxylic acids is 2. The van der Waals surface area contributed by atoms with Crippen molar-refractivity contribution in [2.75, 3.05) is 25.6 Å². The summed E-state index contributed by atoms with van der Waals surface area (Å²) in [6, 6.07) is 10.3. The van der Waals surface area contributed by atoms with Crippen LogP contribution in [-0.4, -0.2) is 58.6 Å². The molecule has 1 atom stereocenters. The second kappa shape index (κ2) is 12.4. The highest BCUT2D eigenvalue weighted by Crippen LogP contribution is 2.32. The number of aromatic nitrogens is 2. The van der Waals surface area contributed by atoms with Crippen molar-refractivity contribution < 1.29 is 29.0 Å². The van der Waals surface area contributed by atoms with Gasteiger partial charge < -0.3 is 25.2 Å². The maximum atomic E-state index is 13.5. The van der Waals surface area contributed by atoms with E-state index in [9.17, 15) is 19.5 Å². The van der Waals surface area contributed by atoms with Crippen LogP contribution in [-0.2, 0) is 14.3 Å². The number of hydrogen-bond donors (Lipinski definition) is 3. The van der Waals surface area contributed by atoms with Crippen LogP contribution in [0.4, 0.5) is 5.82 Å². The Kier molecular flexibility index (Phi) is 8.83. The van der Waals surface area contributed by atoms with Gasteiger partial charge >= 0.3 is 11.9 Å². The number of rotatable bonds is 11. The van der Waals surface area contributed by atoms with Crippen molar-refractivity contribution in [3.63, 3.8) is 0 Å². The summed E-state index contributed by atoms with van der Waals surface area (Å²) in [7, 11) is 1.59. The Balaban J connectivity index is 1.71. The monoisotopic (exact) mass is 522 g/mol. The Bertz CT molecular complexity index is 1280. The van der Waals surface area contributed by atoms with E-state index in [0.29, 0.717) is 28.5 Å². The molecular weight excluding hydrogens is 488 g/mol. The topological polar surface area (TPSA) is 131 Å². The van der Waals surface area contributed by atoms with Crippen LogP contribution in [0, 0.1) is 5.92 Å². The minimum atomic E-state index is -0.938. The molecule has 10 heteroatoms. The summed E-state index contributed by atoms with van der Waals surface area (Å²) in [5.74, 6) is -0.392. The Labute approximate surface area is 221 Å². The molecule has 1 aliphatic carbocycles. The SMILES string of the molecule is CCOC(=O)CNc1c(-c2ccc(OC)cc2)nc2c(C(=O)NC(CC(=O)O)C3CCCCC3)cccn12. The number of hydrogen-bond acceptors (Lipinski definition) is 7. The fraction of sp³-hybridized carbons (Fsp3) is 0.429. The largest absolute Gasteiger partial charge is 0.497 e. The molecule has 3 aromatic rings. The van der Waals surface area contributed by atoms with Crippen LogP contribution in [0.2, 0.25) is 0 Å². The van der Waals surface area contributed by atoms with E-state index in [1.807, 2.05) is 24.3 Å². The summed E-state index contributed by atoms with van der Waals surface area (Å²) in [5, 5.41) is 15.6. The van der Waals surface area contributed by atoms with Crippen molar-refractivity contribution in [1.29, 1.82) is 0 Å². The number of ether oxygens (including phenoxy) is 2. The highest BCUT2D eigenvalue weighted by molar-refractivity contribution is 6.01. The summed E-state index contributed by atoms with van der Waals surface area (Å²) in [6.45, 7) is 1.93. The van der Waals surface area contributed by atoms with Crippen molar-refractivity contribution in [3.05, 3.63) is 48.2 Å². The first-order valence-corrected chi connectivity index (χ1v) is 13.0. The maximum absolute atomic E-state index is 13.5. The second-order valence-electron chi connectivity index (χ2n) is 9.39. The van der Waals surface area contributed by atoms with Crippen LogP contribution in [0.1, 0.15) is 55.8 Å². The molecule has 2 aromatic heterocycles. The molecule has 202 valence electrons. The molecule has 0 spiro atoms. The number of nitrogens with one attached hydrogen (secondary N) is 2. The van der Waals surface area contributed by atoms with Crippen LogP contribution in [0.5, 0.6) is 5.75 Å². The van der Waals surface area contributed by atoms with Gasteiger partial charge in [-0.1, -0.05) is 19.3 Å². The molecule has 3 N–H and O–H groups in total. The molecule has 4 rings (SSSR count). The third-order valence-corrected chi connectivity index (χ3v) is 6.89. The Morgan fingerprint density at radius 3 is 2.53 bits per heavy atom. The van der Waals surface area contributed by atoms with Gasteiger partial charge in [0.15, 0.2) is 5.65 Å². The zero-order valence-electron chi connectivity index (χ0n) is 21.7. The third kappa shape index (κ3) is 6.24. The lowest BCUT2D eigenvalue weighted by Crippen LogP contribution is -2.42. The average Bonchev–Trinajstić information content (AvgIpc) is 3.30. The number of anilines is 1. The number of amides is 1. The number of esters is 1. The van der Waals surface area contributed by atoms with Crippen molar-refractivity contribution in [3.8, 4) is 17.0 Å². The number of imidazole rings is 1. The number of methoxy groups -OCH3 is 1. The lowest BCUT2D eigenvalue weighted by molar-refractivity contribution is -0.141. The highest BCUT2D eigenvalue weighted by atomic mass is 16.5. The predicted octanol–water partition coefficient (Wildman–Crippen LogP) is 4.14. The number of carbonyl (C=O) groups is 3. The molecule has 1 aromatic carbocycles. The Hall–Kier alpha value is -4.08. The van der Waals surface area contributed by atoms with Crippen molar-refractivity contribution in [2.45, 2.75) is 51.5 Å². The first-order valence-electron chi connectivity index (χ1n) is 13.0. The fourth-order valence-electron chi connectivity index (χ4n) is 5.04. The van der Waals surface area contributed by atoms with Crippen LogP contribution in [0.15, 0.2) is 42.6 Å². The van der Waals surface area contributed by atoms with E-state index in [-0.39, 0.29) is 31.4 Å². The molecule has 1 unspecified atom stereocenters. The van der Waals surface area contributed by atoms with Crippen molar-refractivity contribution >= 4 is 29.3 Å². The third-order valence-electron chi connectivity index (χ3n) is 6.89. The molecule has 0 radical (unpaired) electrons. The molecule has 0 bridgehead atoms. The van der Waals surface area contributed by atoms with Gasteiger partial charge in [0.05, 0.1) is 25.7 Å². The van der Waals surface area contributed by atoms with Crippen LogP contribution in [0.25, 0.3) is 16.9 Å². The van der Waals surface area contributed by atoms with E-state index < -0.39 is 18.0 Å². The molecule has 1 saturated carbocycles. The van der Waals surface area contributed by atoms with E-state index in [0.717, 1.165) is 37.7 Å². The zero-order chi connectivity index (χ0) is 27.1. The summed E-state index contributed by atoms with van der Waals surface area (Å²) in [4.78, 5) is 42.0. The maximum Gasteiger partial charge on any atom is 0.325 e. The molecule has 38 heavy (non-hydrogen) atoms. The summed E-state index contributed by atoms with van der Waals surface area (Å²) < 4.78 is 12.1. The van der Waals surface area contributed by atoms with Crippen molar-refractivity contribution in [1.82, 2.24) is 14.7 Å². The fourth-order valence-corrected chi connectivity index (χ4v) is 5.04. The van der Waals surface area contributed by atoms with E-state index in [1.165, 1.54) is 0 Å². The van der Waals surface area contributed by atoms with Gasteiger partial charge in [0.2, 0.25) is 0 Å². The molecule has 1 fully saturated rings. The van der Waals surface area contributed by atoms with Gasteiger partial charge in [-0.25, -0.2) is 4.98 Å². The Morgan fingerprint density at radius 1 is 1.13 bits per heavy atom. The van der Waals surface area contributed by atoms with Crippen LogP contribution in [0.3, 0.4) is 0 Å². The number of carboxylic acids is 1. The summed E-state index contributed by atoms with van der Waals surface area (Å²) in [6.07, 6.45) is 6.63. The van der Waals surface area contributed by atoms with Gasteiger partial charge in [-0.05, 0) is 62.1 Å². The highest BCUT2D eigenvalue weighted by Gasteiger charge is 2.29. The average molecular weight is 523 g/mol. The standard InChI is InChI=1S/C28H34N4O6/c1-3-38-24(35)17-29-27-25(19-11-13-20(37-2)14-12-19)31-26-21(10-7-15-32(26)27)28(36)30-22(16-23(33)34)18-8-5-4-6-9-18/h7,10-15,18,22,29H,3-6,8-9,16-17H2,1-2H3,(H,30,36)(H,33,34). The smallest absolute Gasteiger partial charge is 0.325 e. The van der Waals surface area contributed by atoms with Crippen molar-refractivity contribution in [2.24, 2.45) is 5.92 Å². The van der Waals surface area contributed by atoms with Gasteiger partial charge in [-0.2, -0.15) is 0 Å². The van der Waals surface area contributed by atoms with Gasteiger partial charge in [0.25, 0.3) is 5.91 Å². The van der Waals surface area contributed by atoms with Crippen LogP contribution < -0.4 is 15.4 Å². The molecule has 1 aliphatic rings. The molecular formula is C28H34N4O6. The lowest BCUT2D eigenvalue weighted by Gasteiger charge is -2.30. The first kappa shape index (κ1) is 27.0. The van der Waals surface area contributed by atoms with E-state index in [2.05, 4.69) is 10.6 Å². The quantitative estimate of drug-likeness (QED) is 0.320. The molecule has 10 nitrogen and oxygen atoms in total. The minimum Gasteiger partial charge on any atom is -0.497 e. The van der Waals surface area contributed by atoms with Crippen LogP contribution >= 0.6 is 0 Å². The second-order valence-corrected chi connectivity index (χ2v) is 9.39. The number of fused-ring (bicyclic) bond motifs is 1. The number of pyridine rings is 1. The normalized spacial score (nSPS) is 14.6. The van der Waals surface area contributed by atoms with Gasteiger partial charge in [-0.15, -0.1) is 0 Å². The number of benzene rings is 1. The number of carboxylic acid groups (broad SMARTS) is 1. The Morgan fingerprint density at radius 2 is 1.87 bits per heavy atom. The first-order chi connectivity index (χ1) is 18.4. The summed E-state index contributed by atoms with van der Waals surface area (Å²) in [5.41, 5.74) is 2.02. The molecule has 0 aliphatic heterocycles. The number of nitrogens with zero attached hydrogens (tertiary/aromatic N) is 2. The molecule has 2 heterocycles. The van der Waals surface area contributed by atoms with E-state index >= 15 is 0 Å². The van der Waals surface area contributed by atoms with E-state index in [4.69, 9.17) is 14.5 Å². The zero-order valence-corrected chi connectivity index (χ0v) is 21.7. The summed E-state index contributed by atoms with van der Waals surface area (Å²) >= 11 is 0. The number of aliphatic carboxylic acids is 1. The molecule has 1 amide bonds.